The number of carbonyl (C=O) groups is 1. The Hall–Kier alpha value is -2.71. The van der Waals surface area contributed by atoms with Crippen LogP contribution in [0.5, 0.6) is 0 Å². The number of hydrogen-bond acceptors (Lipinski definition) is 6. The summed E-state index contributed by atoms with van der Waals surface area (Å²) in [6.45, 7) is 7.36. The third-order valence-corrected chi connectivity index (χ3v) is 7.21. The van der Waals surface area contributed by atoms with Gasteiger partial charge in [0.1, 0.15) is 24.1 Å². The number of likely N-dealkylation sites (tertiary alicyclic amines) is 1. The molecule has 2 N–H and O–H groups in total. The van der Waals surface area contributed by atoms with Gasteiger partial charge in [0, 0.05) is 24.7 Å². The second kappa shape index (κ2) is 8.57. The number of rotatable bonds is 6. The van der Waals surface area contributed by atoms with Crippen LogP contribution in [0.1, 0.15) is 45.6 Å². The van der Waals surface area contributed by atoms with E-state index >= 15 is 0 Å². The third kappa shape index (κ3) is 4.24. The second-order valence-electron chi connectivity index (χ2n) is 9.09. The standard InChI is InChI=1S/C22H29FN6O/c1-21(2)16(12-27-19-5-4-15(9-24)11-26-19)6-7-22(21,3)28-13-20(30)29-14-17(23)8-18(29)10-25/h4-5,11,16-18,28H,6-8,12-14H2,1-3H3,(H,26,27)/t16-,17+,18+,22-/m1/s1. The molecule has 1 saturated carbocycles. The number of pyridine rings is 1. The van der Waals surface area contributed by atoms with Crippen molar-refractivity contribution in [1.29, 1.82) is 10.5 Å². The Bertz CT molecular complexity index is 858. The van der Waals surface area contributed by atoms with Crippen molar-refractivity contribution in [1.82, 2.24) is 15.2 Å². The number of nitriles is 2. The summed E-state index contributed by atoms with van der Waals surface area (Å²) in [6, 6.07) is 6.96. The normalized spacial score (nSPS) is 29.9. The van der Waals surface area contributed by atoms with Crippen LogP contribution in [0.15, 0.2) is 18.3 Å². The fourth-order valence-corrected chi connectivity index (χ4v) is 4.62. The summed E-state index contributed by atoms with van der Waals surface area (Å²) in [5.41, 5.74) is 0.165. The zero-order valence-electron chi connectivity index (χ0n) is 17.8. The van der Waals surface area contributed by atoms with Gasteiger partial charge in [-0.3, -0.25) is 4.79 Å². The van der Waals surface area contributed by atoms with Gasteiger partial charge in [-0.2, -0.15) is 10.5 Å². The largest absolute Gasteiger partial charge is 0.370 e. The summed E-state index contributed by atoms with van der Waals surface area (Å²) in [7, 11) is 0. The molecule has 8 heteroatoms. The number of nitrogens with zero attached hydrogens (tertiary/aromatic N) is 4. The Morgan fingerprint density at radius 2 is 2.13 bits per heavy atom. The molecule has 2 heterocycles. The van der Waals surface area contributed by atoms with Gasteiger partial charge in [-0.25, -0.2) is 9.37 Å². The number of nitrogens with one attached hydrogen (secondary N) is 2. The first-order valence-electron chi connectivity index (χ1n) is 10.4. The maximum Gasteiger partial charge on any atom is 0.237 e. The molecule has 3 rings (SSSR count). The zero-order chi connectivity index (χ0) is 21.9. The molecular formula is C22H29FN6O. The first-order chi connectivity index (χ1) is 14.2. The summed E-state index contributed by atoms with van der Waals surface area (Å²) in [5, 5.41) is 24.8. The highest BCUT2D eigenvalue weighted by Crippen LogP contribution is 2.50. The van der Waals surface area contributed by atoms with E-state index < -0.39 is 12.2 Å². The predicted molar refractivity (Wildman–Crippen MR) is 111 cm³/mol. The molecule has 0 aromatic carbocycles. The number of carbonyl (C=O) groups excluding carboxylic acids is 1. The van der Waals surface area contributed by atoms with Gasteiger partial charge in [0.15, 0.2) is 0 Å². The van der Waals surface area contributed by atoms with Crippen molar-refractivity contribution < 1.29 is 9.18 Å². The van der Waals surface area contributed by atoms with E-state index in [1.165, 1.54) is 4.90 Å². The Kier molecular flexibility index (Phi) is 6.28. The van der Waals surface area contributed by atoms with Crippen LogP contribution in [0.25, 0.3) is 0 Å². The van der Waals surface area contributed by atoms with Gasteiger partial charge < -0.3 is 15.5 Å². The second-order valence-corrected chi connectivity index (χ2v) is 9.09. The van der Waals surface area contributed by atoms with E-state index in [0.717, 1.165) is 25.2 Å². The smallest absolute Gasteiger partial charge is 0.237 e. The highest BCUT2D eigenvalue weighted by Gasteiger charge is 2.51. The van der Waals surface area contributed by atoms with Crippen LogP contribution < -0.4 is 10.6 Å². The number of amides is 1. The van der Waals surface area contributed by atoms with Crippen molar-refractivity contribution in [3.8, 4) is 12.1 Å². The lowest BCUT2D eigenvalue weighted by molar-refractivity contribution is -0.131. The maximum atomic E-state index is 13.6. The quantitative estimate of drug-likeness (QED) is 0.744. The van der Waals surface area contributed by atoms with Crippen LogP contribution in [0, 0.1) is 34.0 Å². The van der Waals surface area contributed by atoms with Gasteiger partial charge in [-0.1, -0.05) is 13.8 Å². The molecule has 0 spiro atoms. The number of alkyl halides is 1. The Labute approximate surface area is 177 Å². The Balaban J connectivity index is 1.57. The molecule has 160 valence electrons. The van der Waals surface area contributed by atoms with E-state index in [9.17, 15) is 14.4 Å². The molecular weight excluding hydrogens is 383 g/mol. The van der Waals surface area contributed by atoms with Crippen molar-refractivity contribution in [3.05, 3.63) is 23.9 Å². The van der Waals surface area contributed by atoms with Crippen LogP contribution in [-0.4, -0.2) is 53.2 Å². The summed E-state index contributed by atoms with van der Waals surface area (Å²) in [5.74, 6) is 0.873. The predicted octanol–water partition coefficient (Wildman–Crippen LogP) is 2.61. The minimum atomic E-state index is -1.12. The molecule has 1 amide bonds. The van der Waals surface area contributed by atoms with E-state index in [0.29, 0.717) is 11.5 Å². The first kappa shape index (κ1) is 22.0. The number of halogens is 1. The van der Waals surface area contributed by atoms with E-state index in [2.05, 4.69) is 42.5 Å². The lowest BCUT2D eigenvalue weighted by Crippen LogP contribution is -2.55. The Morgan fingerprint density at radius 1 is 1.37 bits per heavy atom. The molecule has 0 radical (unpaired) electrons. The van der Waals surface area contributed by atoms with Gasteiger partial charge >= 0.3 is 0 Å². The molecule has 2 fully saturated rings. The molecule has 0 unspecified atom stereocenters. The monoisotopic (exact) mass is 412 g/mol. The van der Waals surface area contributed by atoms with Crippen LogP contribution >= 0.6 is 0 Å². The molecule has 2 aliphatic rings. The van der Waals surface area contributed by atoms with E-state index in [4.69, 9.17) is 5.26 Å². The highest BCUT2D eigenvalue weighted by atomic mass is 19.1. The molecule has 4 atom stereocenters. The molecule has 7 nitrogen and oxygen atoms in total. The SMILES string of the molecule is CC1(C)[C@@H](CNc2ccc(C#N)cn2)CC[C@@]1(C)NCC(=O)N1C[C@@H](F)C[C@H]1C#N. The van der Waals surface area contributed by atoms with Crippen molar-refractivity contribution in [3.63, 3.8) is 0 Å². The van der Waals surface area contributed by atoms with E-state index in [1.807, 2.05) is 6.07 Å². The number of anilines is 1. The Morgan fingerprint density at radius 3 is 2.77 bits per heavy atom. The van der Waals surface area contributed by atoms with Crippen LogP contribution in [-0.2, 0) is 4.79 Å². The molecule has 30 heavy (non-hydrogen) atoms. The molecule has 1 aliphatic heterocycles. The summed E-state index contributed by atoms with van der Waals surface area (Å²) < 4.78 is 13.6. The summed E-state index contributed by atoms with van der Waals surface area (Å²) in [6.07, 6.45) is 2.43. The summed E-state index contributed by atoms with van der Waals surface area (Å²) in [4.78, 5) is 18.2. The topological polar surface area (TPSA) is 105 Å². The van der Waals surface area contributed by atoms with Gasteiger partial charge in [-0.15, -0.1) is 0 Å². The third-order valence-electron chi connectivity index (χ3n) is 7.21. The molecule has 0 bridgehead atoms. The summed E-state index contributed by atoms with van der Waals surface area (Å²) >= 11 is 0. The van der Waals surface area contributed by atoms with E-state index in [-0.39, 0.29) is 36.4 Å². The number of hydrogen-bond donors (Lipinski definition) is 2. The lowest BCUT2D eigenvalue weighted by Gasteiger charge is -2.43. The van der Waals surface area contributed by atoms with Crippen LogP contribution in [0.3, 0.4) is 0 Å². The van der Waals surface area contributed by atoms with E-state index in [1.54, 1.807) is 18.3 Å². The van der Waals surface area contributed by atoms with Crippen molar-refractivity contribution in [2.75, 3.05) is 25.0 Å². The van der Waals surface area contributed by atoms with Gasteiger partial charge in [-0.05, 0) is 43.2 Å². The zero-order valence-corrected chi connectivity index (χ0v) is 17.8. The molecule has 1 saturated heterocycles. The van der Waals surface area contributed by atoms with Crippen molar-refractivity contribution in [2.24, 2.45) is 11.3 Å². The van der Waals surface area contributed by atoms with Crippen molar-refractivity contribution >= 4 is 11.7 Å². The van der Waals surface area contributed by atoms with Gasteiger partial charge in [0.05, 0.1) is 24.7 Å². The minimum absolute atomic E-state index is 0.00296. The molecule has 1 aromatic rings. The van der Waals surface area contributed by atoms with Crippen LogP contribution in [0.4, 0.5) is 10.2 Å². The average molecular weight is 413 g/mol. The van der Waals surface area contributed by atoms with Gasteiger partial charge in [0.2, 0.25) is 5.91 Å². The highest BCUT2D eigenvalue weighted by molar-refractivity contribution is 5.79. The maximum absolute atomic E-state index is 13.6. The van der Waals surface area contributed by atoms with Crippen LogP contribution in [0.2, 0.25) is 0 Å². The van der Waals surface area contributed by atoms with Crippen molar-refractivity contribution in [2.45, 2.75) is 57.8 Å². The fraction of sp³-hybridized carbons (Fsp3) is 0.636. The lowest BCUT2D eigenvalue weighted by atomic mass is 9.71. The minimum Gasteiger partial charge on any atom is -0.370 e. The molecule has 1 aliphatic carbocycles. The van der Waals surface area contributed by atoms with Gasteiger partial charge in [0.25, 0.3) is 0 Å². The average Bonchev–Trinajstić information content (AvgIpc) is 3.22. The first-order valence-corrected chi connectivity index (χ1v) is 10.4. The molecule has 1 aromatic heterocycles. The number of aromatic nitrogens is 1. The fourth-order valence-electron chi connectivity index (χ4n) is 4.62.